The number of rotatable bonds is 7. The van der Waals surface area contributed by atoms with E-state index in [2.05, 4.69) is 10.9 Å². The molecule has 0 aliphatic rings. The van der Waals surface area contributed by atoms with E-state index in [9.17, 15) is 14.7 Å². The van der Waals surface area contributed by atoms with Crippen molar-refractivity contribution in [2.45, 2.75) is 26.0 Å². The Labute approximate surface area is 129 Å². The molecule has 0 aromatic heterocycles. The van der Waals surface area contributed by atoms with Crippen molar-refractivity contribution in [3.8, 4) is 0 Å². The molecule has 0 saturated heterocycles. The van der Waals surface area contributed by atoms with Gasteiger partial charge in [0.05, 0.1) is 31.3 Å². The molecule has 0 heterocycles. The van der Waals surface area contributed by atoms with Gasteiger partial charge in [0.15, 0.2) is 0 Å². The number of ether oxygens (including phenoxy) is 1. The molecule has 1 aromatic carbocycles. The second-order valence-corrected chi connectivity index (χ2v) is 5.41. The number of aliphatic hydroxyl groups is 2. The van der Waals surface area contributed by atoms with Crippen molar-refractivity contribution >= 4 is 11.9 Å². The van der Waals surface area contributed by atoms with Crippen LogP contribution in [0.4, 0.5) is 0 Å². The van der Waals surface area contributed by atoms with Gasteiger partial charge in [0.25, 0.3) is 5.91 Å². The fourth-order valence-electron chi connectivity index (χ4n) is 2.06. The third-order valence-electron chi connectivity index (χ3n) is 3.44. The van der Waals surface area contributed by atoms with Crippen LogP contribution in [0.1, 0.15) is 24.2 Å². The number of esters is 1. The van der Waals surface area contributed by atoms with E-state index in [-0.39, 0.29) is 0 Å². The molecule has 122 valence electrons. The second kappa shape index (κ2) is 7.88. The van der Waals surface area contributed by atoms with Gasteiger partial charge in [0, 0.05) is 5.56 Å². The molecular formula is C15H22N2O5. The molecule has 0 aliphatic heterocycles. The normalized spacial score (nSPS) is 14.0. The lowest BCUT2D eigenvalue weighted by Crippen LogP contribution is -2.59. The minimum Gasteiger partial charge on any atom is -0.469 e. The first-order chi connectivity index (χ1) is 10.3. The minimum atomic E-state index is -1.26. The quantitative estimate of drug-likeness (QED) is 0.412. The maximum atomic E-state index is 12.0. The van der Waals surface area contributed by atoms with Crippen molar-refractivity contribution in [3.63, 3.8) is 0 Å². The third kappa shape index (κ3) is 4.27. The number of methoxy groups -OCH3 is 1. The Morgan fingerprint density at radius 1 is 1.27 bits per heavy atom. The Hall–Kier alpha value is -1.96. The first kappa shape index (κ1) is 18.1. The van der Waals surface area contributed by atoms with E-state index >= 15 is 0 Å². The molecule has 0 spiro atoms. The Morgan fingerprint density at radius 2 is 1.86 bits per heavy atom. The molecule has 0 radical (unpaired) electrons. The zero-order chi connectivity index (χ0) is 16.8. The van der Waals surface area contributed by atoms with Gasteiger partial charge in [0.2, 0.25) is 0 Å². The fourth-order valence-corrected chi connectivity index (χ4v) is 2.06. The van der Waals surface area contributed by atoms with Gasteiger partial charge in [-0.15, -0.1) is 0 Å². The monoisotopic (exact) mass is 310 g/mol. The standard InChI is InChI=1S/C15H22N2O5/c1-15(2,14(21)22-3)12(11(19)9-18)16-17-13(20)10-7-5-4-6-8-10/h4-8,11-12,16,18-19H,9H2,1-3H3,(H,17,20)/t11-,12?/m1/s1. The summed E-state index contributed by atoms with van der Waals surface area (Å²) in [5, 5.41) is 19.1. The molecule has 0 saturated carbocycles. The molecule has 1 unspecified atom stereocenters. The second-order valence-electron chi connectivity index (χ2n) is 5.41. The van der Waals surface area contributed by atoms with Crippen LogP contribution in [0, 0.1) is 5.41 Å². The van der Waals surface area contributed by atoms with Crippen LogP contribution >= 0.6 is 0 Å². The van der Waals surface area contributed by atoms with E-state index in [1.54, 1.807) is 44.2 Å². The van der Waals surface area contributed by atoms with Gasteiger partial charge in [-0.1, -0.05) is 18.2 Å². The number of carbonyl (C=O) groups excluding carboxylic acids is 2. The summed E-state index contributed by atoms with van der Waals surface area (Å²) in [7, 11) is 1.23. The Kier molecular flexibility index (Phi) is 6.48. The van der Waals surface area contributed by atoms with Crippen molar-refractivity contribution in [1.82, 2.24) is 10.9 Å². The van der Waals surface area contributed by atoms with Crippen LogP contribution in [0.2, 0.25) is 0 Å². The number of hydrogen-bond acceptors (Lipinski definition) is 6. The van der Waals surface area contributed by atoms with Crippen LogP contribution < -0.4 is 10.9 Å². The number of carbonyl (C=O) groups is 2. The molecule has 0 fully saturated rings. The minimum absolute atomic E-state index is 0.420. The van der Waals surface area contributed by atoms with E-state index < -0.39 is 36.0 Å². The predicted molar refractivity (Wildman–Crippen MR) is 79.7 cm³/mol. The molecule has 4 N–H and O–H groups in total. The summed E-state index contributed by atoms with van der Waals surface area (Å²) in [4.78, 5) is 23.8. The van der Waals surface area contributed by atoms with E-state index in [4.69, 9.17) is 9.84 Å². The van der Waals surface area contributed by atoms with Crippen molar-refractivity contribution < 1.29 is 24.5 Å². The highest BCUT2D eigenvalue weighted by molar-refractivity contribution is 5.93. The van der Waals surface area contributed by atoms with Gasteiger partial charge in [0.1, 0.15) is 0 Å². The van der Waals surface area contributed by atoms with Crippen molar-refractivity contribution in [2.75, 3.05) is 13.7 Å². The lowest BCUT2D eigenvalue weighted by Gasteiger charge is -2.35. The Morgan fingerprint density at radius 3 is 2.36 bits per heavy atom. The summed E-state index contributed by atoms with van der Waals surface area (Å²) in [6.45, 7) is 2.52. The van der Waals surface area contributed by atoms with Crippen LogP contribution in [0.5, 0.6) is 0 Å². The van der Waals surface area contributed by atoms with E-state index in [0.29, 0.717) is 5.56 Å². The van der Waals surface area contributed by atoms with Crippen LogP contribution in [-0.2, 0) is 9.53 Å². The summed E-state index contributed by atoms with van der Waals surface area (Å²) < 4.78 is 4.70. The van der Waals surface area contributed by atoms with Gasteiger partial charge in [-0.2, -0.15) is 0 Å². The third-order valence-corrected chi connectivity index (χ3v) is 3.44. The highest BCUT2D eigenvalue weighted by Gasteiger charge is 2.42. The lowest BCUT2D eigenvalue weighted by molar-refractivity contribution is -0.155. The molecule has 22 heavy (non-hydrogen) atoms. The highest BCUT2D eigenvalue weighted by atomic mass is 16.5. The topological polar surface area (TPSA) is 108 Å². The van der Waals surface area contributed by atoms with Crippen molar-refractivity contribution in [2.24, 2.45) is 5.41 Å². The summed E-state index contributed by atoms with van der Waals surface area (Å²) in [5.41, 5.74) is 4.30. The van der Waals surface area contributed by atoms with Crippen molar-refractivity contribution in [3.05, 3.63) is 35.9 Å². The summed E-state index contributed by atoms with van der Waals surface area (Å²) in [6, 6.07) is 7.53. The molecule has 0 bridgehead atoms. The summed E-state index contributed by atoms with van der Waals surface area (Å²) >= 11 is 0. The van der Waals surface area contributed by atoms with Crippen molar-refractivity contribution in [1.29, 1.82) is 0 Å². The van der Waals surface area contributed by atoms with Gasteiger partial charge >= 0.3 is 5.97 Å². The van der Waals surface area contributed by atoms with Gasteiger partial charge < -0.3 is 14.9 Å². The average Bonchev–Trinajstić information content (AvgIpc) is 2.54. The SMILES string of the molecule is COC(=O)C(C)(C)C(NNC(=O)c1ccccc1)[C@H](O)CO. The molecule has 7 heteroatoms. The first-order valence-electron chi connectivity index (χ1n) is 6.82. The van der Waals surface area contributed by atoms with Gasteiger partial charge in [-0.3, -0.25) is 15.0 Å². The largest absolute Gasteiger partial charge is 0.469 e. The summed E-state index contributed by atoms with van der Waals surface area (Å²) in [5.74, 6) is -0.997. The highest BCUT2D eigenvalue weighted by Crippen LogP contribution is 2.24. The number of hydrogen-bond donors (Lipinski definition) is 4. The molecule has 1 rings (SSSR count). The van der Waals surface area contributed by atoms with Crippen LogP contribution in [0.15, 0.2) is 30.3 Å². The molecule has 1 amide bonds. The maximum Gasteiger partial charge on any atom is 0.312 e. The fraction of sp³-hybridized carbons (Fsp3) is 0.467. The number of nitrogens with one attached hydrogen (secondary N) is 2. The Balaban J connectivity index is 2.83. The van der Waals surface area contributed by atoms with E-state index in [1.807, 2.05) is 0 Å². The smallest absolute Gasteiger partial charge is 0.312 e. The number of hydrazine groups is 1. The van der Waals surface area contributed by atoms with Crippen LogP contribution in [-0.4, -0.2) is 48.0 Å². The average molecular weight is 310 g/mol. The Bertz CT molecular complexity index is 504. The molecular weight excluding hydrogens is 288 g/mol. The maximum absolute atomic E-state index is 12.0. The van der Waals surface area contributed by atoms with Gasteiger partial charge in [-0.25, -0.2) is 5.43 Å². The first-order valence-corrected chi connectivity index (χ1v) is 6.82. The van der Waals surface area contributed by atoms with Crippen LogP contribution in [0.25, 0.3) is 0 Å². The summed E-state index contributed by atoms with van der Waals surface area (Å²) in [6.07, 6.45) is -1.26. The molecule has 0 aliphatic carbocycles. The van der Waals surface area contributed by atoms with E-state index in [0.717, 1.165) is 0 Å². The zero-order valence-electron chi connectivity index (χ0n) is 12.9. The van der Waals surface area contributed by atoms with Gasteiger partial charge in [-0.05, 0) is 26.0 Å². The number of aliphatic hydroxyl groups excluding tert-OH is 2. The number of benzene rings is 1. The van der Waals surface area contributed by atoms with E-state index in [1.165, 1.54) is 7.11 Å². The number of amides is 1. The molecule has 1 aromatic rings. The molecule has 2 atom stereocenters. The van der Waals surface area contributed by atoms with Crippen LogP contribution in [0.3, 0.4) is 0 Å². The zero-order valence-corrected chi connectivity index (χ0v) is 12.9. The lowest BCUT2D eigenvalue weighted by atomic mass is 9.81. The molecule has 7 nitrogen and oxygen atoms in total. The predicted octanol–water partition coefficient (Wildman–Crippen LogP) is -0.158.